The number of aliphatic hydroxyl groups excluding tert-OH is 1. The van der Waals surface area contributed by atoms with E-state index in [4.69, 9.17) is 11.6 Å². The van der Waals surface area contributed by atoms with Gasteiger partial charge in [-0.2, -0.15) is 0 Å². The lowest BCUT2D eigenvalue weighted by Gasteiger charge is -2.47. The van der Waals surface area contributed by atoms with Gasteiger partial charge in [-0.15, -0.1) is 0 Å². The van der Waals surface area contributed by atoms with Crippen LogP contribution in [0.25, 0.3) is 0 Å². The van der Waals surface area contributed by atoms with Gasteiger partial charge in [0.05, 0.1) is 22.4 Å². The summed E-state index contributed by atoms with van der Waals surface area (Å²) >= 11 is 6.21. The first-order valence-corrected chi connectivity index (χ1v) is 6.11. The molecule has 16 heavy (non-hydrogen) atoms. The number of benzene rings is 1. The molecule has 3 heteroatoms. The zero-order valence-corrected chi connectivity index (χ0v) is 10.5. The highest BCUT2D eigenvalue weighted by atomic mass is 35.5. The van der Waals surface area contributed by atoms with Gasteiger partial charge in [-0.3, -0.25) is 0 Å². The second-order valence-corrected chi connectivity index (χ2v) is 5.32. The molecule has 1 N–H and O–H groups in total. The van der Waals surface area contributed by atoms with Gasteiger partial charge in [0, 0.05) is 6.54 Å². The van der Waals surface area contributed by atoms with Crippen LogP contribution in [0.2, 0.25) is 5.02 Å². The maximum atomic E-state index is 10.1. The standard InChI is InChI=1S/C13H18ClNO/c1-13(2)12(16)8-5-9-15(13)11-7-4-3-6-10(11)14/h3-4,6-7,12,16H,5,8-9H2,1-2H3. The molecule has 0 amide bonds. The molecule has 2 nitrogen and oxygen atoms in total. The third-order valence-corrected chi connectivity index (χ3v) is 3.83. The molecule has 1 aromatic rings. The van der Waals surface area contributed by atoms with Crippen molar-refractivity contribution in [1.29, 1.82) is 0 Å². The van der Waals surface area contributed by atoms with Gasteiger partial charge in [-0.25, -0.2) is 0 Å². The van der Waals surface area contributed by atoms with Crippen LogP contribution in [0.15, 0.2) is 24.3 Å². The predicted octanol–water partition coefficient (Wildman–Crippen LogP) is 3.08. The fourth-order valence-electron chi connectivity index (χ4n) is 2.37. The lowest BCUT2D eigenvalue weighted by atomic mass is 9.87. The second kappa shape index (κ2) is 4.27. The molecule has 2 rings (SSSR count). The van der Waals surface area contributed by atoms with Crippen molar-refractivity contribution in [1.82, 2.24) is 0 Å². The van der Waals surface area contributed by atoms with Crippen molar-refractivity contribution in [2.45, 2.75) is 38.3 Å². The van der Waals surface area contributed by atoms with Gasteiger partial charge in [0.25, 0.3) is 0 Å². The first-order valence-electron chi connectivity index (χ1n) is 5.73. The molecule has 1 heterocycles. The summed E-state index contributed by atoms with van der Waals surface area (Å²) in [5, 5.41) is 10.8. The third-order valence-electron chi connectivity index (χ3n) is 3.51. The van der Waals surface area contributed by atoms with Crippen molar-refractivity contribution in [3.05, 3.63) is 29.3 Å². The van der Waals surface area contributed by atoms with Crippen molar-refractivity contribution in [2.75, 3.05) is 11.4 Å². The lowest BCUT2D eigenvalue weighted by molar-refractivity contribution is 0.0712. The summed E-state index contributed by atoms with van der Waals surface area (Å²) in [5.41, 5.74) is 0.774. The molecule has 0 aromatic heterocycles. The zero-order valence-electron chi connectivity index (χ0n) is 9.78. The van der Waals surface area contributed by atoms with Crippen LogP contribution in [0.3, 0.4) is 0 Å². The summed E-state index contributed by atoms with van der Waals surface area (Å²) in [6, 6.07) is 7.83. The Morgan fingerprint density at radius 2 is 2.06 bits per heavy atom. The molecule has 1 saturated heterocycles. The van der Waals surface area contributed by atoms with Crippen molar-refractivity contribution in [3.8, 4) is 0 Å². The molecule has 1 fully saturated rings. The number of hydrogen-bond acceptors (Lipinski definition) is 2. The Bertz CT molecular complexity index is 378. The summed E-state index contributed by atoms with van der Waals surface area (Å²) in [6.07, 6.45) is 1.58. The van der Waals surface area contributed by atoms with E-state index in [0.29, 0.717) is 0 Å². The molecular weight excluding hydrogens is 222 g/mol. The number of nitrogens with zero attached hydrogens (tertiary/aromatic N) is 1. The van der Waals surface area contributed by atoms with Crippen molar-refractivity contribution in [2.24, 2.45) is 0 Å². The van der Waals surface area contributed by atoms with Crippen LogP contribution in [-0.4, -0.2) is 23.3 Å². The topological polar surface area (TPSA) is 23.5 Å². The number of halogens is 1. The molecule has 1 aromatic carbocycles. The zero-order chi connectivity index (χ0) is 11.8. The monoisotopic (exact) mass is 239 g/mol. The Balaban J connectivity index is 2.36. The number of piperidine rings is 1. The summed E-state index contributed by atoms with van der Waals surface area (Å²) in [6.45, 7) is 5.09. The highest BCUT2D eigenvalue weighted by molar-refractivity contribution is 6.33. The van der Waals surface area contributed by atoms with Gasteiger partial charge >= 0.3 is 0 Å². The molecule has 0 spiro atoms. The Morgan fingerprint density at radius 1 is 1.38 bits per heavy atom. The van der Waals surface area contributed by atoms with Gasteiger partial charge in [0.15, 0.2) is 0 Å². The van der Waals surface area contributed by atoms with E-state index in [1.165, 1.54) is 0 Å². The van der Waals surface area contributed by atoms with Crippen LogP contribution in [-0.2, 0) is 0 Å². The van der Waals surface area contributed by atoms with Crippen molar-refractivity contribution < 1.29 is 5.11 Å². The molecule has 0 radical (unpaired) electrons. The Hall–Kier alpha value is -0.730. The van der Waals surface area contributed by atoms with Crippen LogP contribution >= 0.6 is 11.6 Å². The van der Waals surface area contributed by atoms with Crippen LogP contribution < -0.4 is 4.90 Å². The summed E-state index contributed by atoms with van der Waals surface area (Å²) < 4.78 is 0. The highest BCUT2D eigenvalue weighted by Crippen LogP contribution is 2.36. The highest BCUT2D eigenvalue weighted by Gasteiger charge is 2.38. The number of anilines is 1. The van der Waals surface area contributed by atoms with Crippen molar-refractivity contribution in [3.63, 3.8) is 0 Å². The molecule has 1 unspecified atom stereocenters. The van der Waals surface area contributed by atoms with E-state index >= 15 is 0 Å². The minimum atomic E-state index is -0.294. The molecule has 1 atom stereocenters. The van der Waals surface area contributed by atoms with Gasteiger partial charge in [0.2, 0.25) is 0 Å². The maximum Gasteiger partial charge on any atom is 0.0767 e. The van der Waals surface area contributed by atoms with E-state index in [1.54, 1.807) is 0 Å². The molecule has 1 aliphatic rings. The summed E-state index contributed by atoms with van der Waals surface area (Å²) in [7, 11) is 0. The van der Waals surface area contributed by atoms with E-state index in [0.717, 1.165) is 30.1 Å². The number of rotatable bonds is 1. The Morgan fingerprint density at radius 3 is 2.75 bits per heavy atom. The largest absolute Gasteiger partial charge is 0.391 e. The smallest absolute Gasteiger partial charge is 0.0767 e. The second-order valence-electron chi connectivity index (χ2n) is 4.91. The Labute approximate surface area is 102 Å². The molecule has 0 aliphatic carbocycles. The van der Waals surface area contributed by atoms with Gasteiger partial charge < -0.3 is 10.0 Å². The first-order chi connectivity index (χ1) is 7.53. The van der Waals surface area contributed by atoms with E-state index < -0.39 is 0 Å². The quantitative estimate of drug-likeness (QED) is 0.814. The molecule has 88 valence electrons. The van der Waals surface area contributed by atoms with E-state index in [1.807, 2.05) is 24.3 Å². The van der Waals surface area contributed by atoms with Crippen LogP contribution in [0, 0.1) is 0 Å². The fourth-order valence-corrected chi connectivity index (χ4v) is 2.60. The SMILES string of the molecule is CC1(C)C(O)CCCN1c1ccccc1Cl. The van der Waals surface area contributed by atoms with Crippen LogP contribution in [0.1, 0.15) is 26.7 Å². The van der Waals surface area contributed by atoms with Crippen LogP contribution in [0.5, 0.6) is 0 Å². The molecule has 0 bridgehead atoms. The molecule has 0 saturated carbocycles. The number of hydrogen-bond donors (Lipinski definition) is 1. The minimum absolute atomic E-state index is 0.247. The number of aliphatic hydroxyl groups is 1. The minimum Gasteiger partial charge on any atom is -0.391 e. The maximum absolute atomic E-state index is 10.1. The number of para-hydroxylation sites is 1. The molecule has 1 aliphatic heterocycles. The van der Waals surface area contributed by atoms with Gasteiger partial charge in [-0.1, -0.05) is 23.7 Å². The van der Waals surface area contributed by atoms with Gasteiger partial charge in [-0.05, 0) is 38.8 Å². The van der Waals surface area contributed by atoms with E-state index in [9.17, 15) is 5.11 Å². The predicted molar refractivity (Wildman–Crippen MR) is 68.1 cm³/mol. The Kier molecular flexibility index (Phi) is 3.13. The third kappa shape index (κ3) is 1.92. The summed E-state index contributed by atoms with van der Waals surface area (Å²) in [4.78, 5) is 2.21. The molecular formula is C13H18ClNO. The summed E-state index contributed by atoms with van der Waals surface area (Å²) in [5.74, 6) is 0. The average Bonchev–Trinajstić information content (AvgIpc) is 2.24. The van der Waals surface area contributed by atoms with Crippen LogP contribution in [0.4, 0.5) is 5.69 Å². The fraction of sp³-hybridized carbons (Fsp3) is 0.538. The first kappa shape index (κ1) is 11.7. The lowest BCUT2D eigenvalue weighted by Crippen LogP contribution is -2.56. The average molecular weight is 240 g/mol. The van der Waals surface area contributed by atoms with Gasteiger partial charge in [0.1, 0.15) is 0 Å². The van der Waals surface area contributed by atoms with Crippen molar-refractivity contribution >= 4 is 17.3 Å². The van der Waals surface area contributed by atoms with E-state index in [2.05, 4.69) is 18.7 Å². The normalized spacial score (nSPS) is 24.5. The van der Waals surface area contributed by atoms with E-state index in [-0.39, 0.29) is 11.6 Å².